The number of anilines is 1. The van der Waals surface area contributed by atoms with Gasteiger partial charge in [0.2, 0.25) is 0 Å². The van der Waals surface area contributed by atoms with E-state index in [2.05, 4.69) is 36.4 Å². The molecule has 0 radical (unpaired) electrons. The highest BCUT2D eigenvalue weighted by atomic mass is 19.1. The quantitative estimate of drug-likeness (QED) is 0.908. The molecule has 0 spiro atoms. The van der Waals surface area contributed by atoms with Gasteiger partial charge in [-0.15, -0.1) is 5.10 Å². The van der Waals surface area contributed by atoms with Gasteiger partial charge in [-0.25, -0.2) is 9.07 Å². The highest BCUT2D eigenvalue weighted by Crippen LogP contribution is 2.13. The summed E-state index contributed by atoms with van der Waals surface area (Å²) in [4.78, 5) is 0. The van der Waals surface area contributed by atoms with Crippen LogP contribution in [0.15, 0.2) is 30.5 Å². The molecule has 18 heavy (non-hydrogen) atoms. The summed E-state index contributed by atoms with van der Waals surface area (Å²) in [6.07, 6.45) is 1.90. The molecule has 0 bridgehead atoms. The minimum atomic E-state index is -0.252. The van der Waals surface area contributed by atoms with E-state index in [1.165, 1.54) is 12.1 Å². The molecule has 0 aliphatic rings. The van der Waals surface area contributed by atoms with Crippen molar-refractivity contribution in [3.63, 3.8) is 0 Å². The Hall–Kier alpha value is -1.91. The Kier molecular flexibility index (Phi) is 3.32. The first-order valence-electron chi connectivity index (χ1n) is 5.86. The van der Waals surface area contributed by atoms with Crippen molar-refractivity contribution >= 4 is 5.69 Å². The van der Waals surface area contributed by atoms with Gasteiger partial charge >= 0.3 is 0 Å². The number of rotatable bonds is 3. The molecule has 0 aliphatic carbocycles. The van der Waals surface area contributed by atoms with Crippen molar-refractivity contribution in [2.75, 3.05) is 5.32 Å². The Balaban J connectivity index is 2.01. The van der Waals surface area contributed by atoms with Gasteiger partial charge in [-0.05, 0) is 39.0 Å². The average molecular weight is 248 g/mol. The Morgan fingerprint density at radius 2 is 2.11 bits per heavy atom. The van der Waals surface area contributed by atoms with Crippen LogP contribution in [-0.2, 0) is 12.1 Å². The molecule has 0 saturated heterocycles. The van der Waals surface area contributed by atoms with Crippen molar-refractivity contribution in [2.45, 2.75) is 32.9 Å². The number of halogens is 1. The monoisotopic (exact) mass is 248 g/mol. The zero-order valence-electron chi connectivity index (χ0n) is 10.8. The maximum absolute atomic E-state index is 13.0. The van der Waals surface area contributed by atoms with Gasteiger partial charge < -0.3 is 5.32 Å². The zero-order chi connectivity index (χ0) is 13.2. The van der Waals surface area contributed by atoms with E-state index in [9.17, 15) is 4.39 Å². The fraction of sp³-hybridized carbons (Fsp3) is 0.385. The van der Waals surface area contributed by atoms with Crippen LogP contribution in [0.25, 0.3) is 0 Å². The van der Waals surface area contributed by atoms with Crippen LogP contribution in [-0.4, -0.2) is 15.0 Å². The summed E-state index contributed by atoms with van der Waals surface area (Å²) in [5.41, 5.74) is 1.49. The van der Waals surface area contributed by atoms with Crippen molar-refractivity contribution in [2.24, 2.45) is 0 Å². The fourth-order valence-electron chi connectivity index (χ4n) is 1.50. The lowest BCUT2D eigenvalue weighted by molar-refractivity contribution is 0.347. The smallest absolute Gasteiger partial charge is 0.125 e. The zero-order valence-corrected chi connectivity index (χ0v) is 10.8. The molecule has 1 aromatic carbocycles. The molecule has 2 aromatic rings. The Morgan fingerprint density at radius 3 is 2.72 bits per heavy atom. The van der Waals surface area contributed by atoms with Crippen molar-refractivity contribution in [1.29, 1.82) is 0 Å². The van der Waals surface area contributed by atoms with E-state index in [1.807, 2.05) is 16.9 Å². The van der Waals surface area contributed by atoms with Gasteiger partial charge in [0.1, 0.15) is 11.5 Å². The summed E-state index contributed by atoms with van der Waals surface area (Å²) in [6, 6.07) is 6.36. The predicted octanol–water partition coefficient (Wildman–Crippen LogP) is 2.78. The summed E-state index contributed by atoms with van der Waals surface area (Å²) in [5, 5.41) is 11.3. The number of nitrogens with zero attached hydrogens (tertiary/aromatic N) is 3. The number of nitrogens with one attached hydrogen (secondary N) is 1. The second-order valence-corrected chi connectivity index (χ2v) is 5.19. The minimum absolute atomic E-state index is 0.0793. The van der Waals surface area contributed by atoms with E-state index in [4.69, 9.17) is 0 Å². The number of hydrogen-bond donors (Lipinski definition) is 1. The normalized spacial score (nSPS) is 11.6. The van der Waals surface area contributed by atoms with Gasteiger partial charge in [0.05, 0.1) is 18.3 Å². The molecule has 2 rings (SSSR count). The molecular weight excluding hydrogens is 231 g/mol. The third-order valence-electron chi connectivity index (χ3n) is 2.53. The molecule has 0 aliphatic heterocycles. The maximum atomic E-state index is 13.0. The summed E-state index contributed by atoms with van der Waals surface area (Å²) in [7, 11) is 0. The second-order valence-electron chi connectivity index (χ2n) is 5.19. The predicted molar refractivity (Wildman–Crippen MR) is 68.7 cm³/mol. The van der Waals surface area contributed by atoms with E-state index < -0.39 is 0 Å². The van der Waals surface area contributed by atoms with Crippen LogP contribution in [0.5, 0.6) is 0 Å². The number of hydrogen-bond acceptors (Lipinski definition) is 3. The second kappa shape index (κ2) is 4.76. The first-order valence-corrected chi connectivity index (χ1v) is 5.86. The van der Waals surface area contributed by atoms with Crippen LogP contribution in [0.1, 0.15) is 26.5 Å². The molecular formula is C13H17FN4. The third kappa shape index (κ3) is 3.06. The Labute approximate surface area is 106 Å². The standard InChI is InChI=1S/C13H17FN4/c1-13(2,3)18-9-12(16-17-18)8-15-11-6-4-5-10(14)7-11/h4-7,9,15H,8H2,1-3H3. The first kappa shape index (κ1) is 12.5. The molecule has 1 heterocycles. The molecule has 0 saturated carbocycles. The first-order chi connectivity index (χ1) is 8.45. The van der Waals surface area contributed by atoms with Crippen molar-refractivity contribution in [3.8, 4) is 0 Å². The summed E-state index contributed by atoms with van der Waals surface area (Å²) in [6.45, 7) is 6.71. The summed E-state index contributed by atoms with van der Waals surface area (Å²) < 4.78 is 14.8. The molecule has 0 unspecified atom stereocenters. The maximum Gasteiger partial charge on any atom is 0.125 e. The minimum Gasteiger partial charge on any atom is -0.379 e. The van der Waals surface area contributed by atoms with Crippen molar-refractivity contribution < 1.29 is 4.39 Å². The van der Waals surface area contributed by atoms with Crippen LogP contribution < -0.4 is 5.32 Å². The van der Waals surface area contributed by atoms with Crippen molar-refractivity contribution in [1.82, 2.24) is 15.0 Å². The van der Waals surface area contributed by atoms with Gasteiger partial charge in [-0.2, -0.15) is 0 Å². The molecule has 0 amide bonds. The van der Waals surface area contributed by atoms with Crippen LogP contribution in [0.2, 0.25) is 0 Å². The Morgan fingerprint density at radius 1 is 1.33 bits per heavy atom. The number of aromatic nitrogens is 3. The van der Waals surface area contributed by atoms with Crippen LogP contribution in [0.4, 0.5) is 10.1 Å². The summed E-state index contributed by atoms with van der Waals surface area (Å²) in [5.74, 6) is -0.252. The largest absolute Gasteiger partial charge is 0.379 e. The molecule has 0 fully saturated rings. The van der Waals surface area contributed by atoms with E-state index in [0.29, 0.717) is 6.54 Å². The molecule has 96 valence electrons. The van der Waals surface area contributed by atoms with Crippen LogP contribution in [0.3, 0.4) is 0 Å². The fourth-order valence-corrected chi connectivity index (χ4v) is 1.50. The lowest BCUT2D eigenvalue weighted by Crippen LogP contribution is -2.22. The Bertz CT molecular complexity index is 528. The van der Waals surface area contributed by atoms with E-state index in [-0.39, 0.29) is 11.4 Å². The lowest BCUT2D eigenvalue weighted by atomic mass is 10.1. The van der Waals surface area contributed by atoms with Gasteiger partial charge in [0.15, 0.2) is 0 Å². The summed E-state index contributed by atoms with van der Waals surface area (Å²) >= 11 is 0. The molecule has 5 heteroatoms. The van der Waals surface area contributed by atoms with Crippen LogP contribution >= 0.6 is 0 Å². The van der Waals surface area contributed by atoms with Crippen molar-refractivity contribution in [3.05, 3.63) is 42.0 Å². The molecule has 4 nitrogen and oxygen atoms in total. The SMILES string of the molecule is CC(C)(C)n1cc(CNc2cccc(F)c2)nn1. The molecule has 1 N–H and O–H groups in total. The lowest BCUT2D eigenvalue weighted by Gasteiger charge is -2.17. The van der Waals surface area contributed by atoms with E-state index in [0.717, 1.165) is 11.4 Å². The average Bonchev–Trinajstić information content (AvgIpc) is 2.74. The highest BCUT2D eigenvalue weighted by molar-refractivity contribution is 5.43. The van der Waals surface area contributed by atoms with Gasteiger partial charge in [-0.1, -0.05) is 11.3 Å². The highest BCUT2D eigenvalue weighted by Gasteiger charge is 2.14. The van der Waals surface area contributed by atoms with Gasteiger partial charge in [0, 0.05) is 5.69 Å². The molecule has 0 atom stereocenters. The van der Waals surface area contributed by atoms with Crippen LogP contribution in [0, 0.1) is 5.82 Å². The van der Waals surface area contributed by atoms with E-state index >= 15 is 0 Å². The van der Waals surface area contributed by atoms with E-state index in [1.54, 1.807) is 6.07 Å². The molecule has 1 aromatic heterocycles. The third-order valence-corrected chi connectivity index (χ3v) is 2.53. The topological polar surface area (TPSA) is 42.7 Å². The van der Waals surface area contributed by atoms with Gasteiger partial charge in [-0.3, -0.25) is 0 Å². The van der Waals surface area contributed by atoms with Gasteiger partial charge in [0.25, 0.3) is 0 Å². The number of benzene rings is 1.